The van der Waals surface area contributed by atoms with Gasteiger partial charge in [0.25, 0.3) is 0 Å². The molecule has 18 heavy (non-hydrogen) atoms. The lowest BCUT2D eigenvalue weighted by Crippen LogP contribution is -2.33. The topological polar surface area (TPSA) is 12.0 Å². The van der Waals surface area contributed by atoms with Gasteiger partial charge in [-0.15, -0.1) is 0 Å². The summed E-state index contributed by atoms with van der Waals surface area (Å²) in [4.78, 5) is 0. The van der Waals surface area contributed by atoms with E-state index in [-0.39, 0.29) is 12.1 Å². The van der Waals surface area contributed by atoms with Crippen LogP contribution in [0.25, 0.3) is 0 Å². The maximum Gasteiger partial charge on any atom is 0.416 e. The van der Waals surface area contributed by atoms with E-state index < -0.39 is 11.7 Å². The Bertz CT molecular complexity index is 385. The van der Waals surface area contributed by atoms with Crippen molar-refractivity contribution < 1.29 is 13.2 Å². The third kappa shape index (κ3) is 4.02. The lowest BCUT2D eigenvalue weighted by atomic mass is 10.0. The molecule has 0 aliphatic heterocycles. The maximum atomic E-state index is 12.6. The van der Waals surface area contributed by atoms with E-state index >= 15 is 0 Å². The van der Waals surface area contributed by atoms with Crippen molar-refractivity contribution in [3.8, 4) is 0 Å². The molecule has 0 heterocycles. The summed E-state index contributed by atoms with van der Waals surface area (Å²) in [7, 11) is 0. The van der Waals surface area contributed by atoms with Gasteiger partial charge in [-0.05, 0) is 37.5 Å². The molecule has 0 saturated carbocycles. The molecule has 0 saturated heterocycles. The summed E-state index contributed by atoms with van der Waals surface area (Å²) < 4.78 is 37.8. The highest BCUT2D eigenvalue weighted by Crippen LogP contribution is 2.30. The zero-order valence-electron chi connectivity index (χ0n) is 11.2. The zero-order chi connectivity index (χ0) is 13.9. The van der Waals surface area contributed by atoms with E-state index in [1.807, 2.05) is 13.8 Å². The molecule has 2 atom stereocenters. The average Bonchev–Trinajstić information content (AvgIpc) is 2.27. The Balaban J connectivity index is 2.84. The standard InChI is InChI=1S/C14H20F3N/c1-9(2)10(3)18-11(4)12-6-5-7-13(8-12)14(15,16)17/h5-11,18H,1-4H3. The van der Waals surface area contributed by atoms with Crippen molar-refractivity contribution in [3.63, 3.8) is 0 Å². The quantitative estimate of drug-likeness (QED) is 0.845. The second kappa shape index (κ2) is 5.74. The van der Waals surface area contributed by atoms with Gasteiger partial charge in [0.1, 0.15) is 0 Å². The highest BCUT2D eigenvalue weighted by atomic mass is 19.4. The van der Waals surface area contributed by atoms with Crippen LogP contribution in [-0.4, -0.2) is 6.04 Å². The summed E-state index contributed by atoms with van der Waals surface area (Å²) in [5, 5.41) is 3.31. The van der Waals surface area contributed by atoms with Gasteiger partial charge in [0.2, 0.25) is 0 Å². The van der Waals surface area contributed by atoms with Crippen molar-refractivity contribution in [2.75, 3.05) is 0 Å². The summed E-state index contributed by atoms with van der Waals surface area (Å²) in [5.41, 5.74) is 0.0724. The van der Waals surface area contributed by atoms with Crippen LogP contribution < -0.4 is 5.32 Å². The normalized spacial score (nSPS) is 15.8. The second-order valence-corrected chi connectivity index (χ2v) is 5.04. The first-order chi connectivity index (χ1) is 8.21. The molecule has 0 spiro atoms. The summed E-state index contributed by atoms with van der Waals surface area (Å²) in [6.45, 7) is 8.08. The Morgan fingerprint density at radius 1 is 1.06 bits per heavy atom. The number of hydrogen-bond donors (Lipinski definition) is 1. The van der Waals surface area contributed by atoms with Crippen LogP contribution in [0.4, 0.5) is 13.2 Å². The van der Waals surface area contributed by atoms with Crippen molar-refractivity contribution in [2.45, 2.75) is 46.0 Å². The van der Waals surface area contributed by atoms with E-state index in [9.17, 15) is 13.2 Å². The van der Waals surface area contributed by atoms with Crippen LogP contribution in [0.15, 0.2) is 24.3 Å². The minimum absolute atomic E-state index is 0.0929. The molecule has 0 aromatic heterocycles. The highest BCUT2D eigenvalue weighted by Gasteiger charge is 2.30. The molecule has 0 aliphatic carbocycles. The molecule has 102 valence electrons. The molecular formula is C14H20F3N. The number of nitrogens with one attached hydrogen (secondary N) is 1. The molecule has 1 aromatic carbocycles. The molecule has 0 aliphatic rings. The van der Waals surface area contributed by atoms with Crippen LogP contribution in [0.2, 0.25) is 0 Å². The molecule has 1 rings (SSSR count). The van der Waals surface area contributed by atoms with Gasteiger partial charge in [-0.2, -0.15) is 13.2 Å². The fourth-order valence-electron chi connectivity index (χ4n) is 1.67. The van der Waals surface area contributed by atoms with Crippen LogP contribution in [0.5, 0.6) is 0 Å². The van der Waals surface area contributed by atoms with Crippen molar-refractivity contribution >= 4 is 0 Å². The van der Waals surface area contributed by atoms with Gasteiger partial charge >= 0.3 is 6.18 Å². The van der Waals surface area contributed by atoms with E-state index in [4.69, 9.17) is 0 Å². The van der Waals surface area contributed by atoms with E-state index in [0.717, 1.165) is 6.07 Å². The fraction of sp³-hybridized carbons (Fsp3) is 0.571. The van der Waals surface area contributed by atoms with Gasteiger partial charge < -0.3 is 5.32 Å². The smallest absolute Gasteiger partial charge is 0.307 e. The van der Waals surface area contributed by atoms with Crippen LogP contribution in [0.1, 0.15) is 44.9 Å². The molecule has 1 aromatic rings. The van der Waals surface area contributed by atoms with E-state index in [1.165, 1.54) is 12.1 Å². The zero-order valence-corrected chi connectivity index (χ0v) is 11.2. The molecule has 0 bridgehead atoms. The van der Waals surface area contributed by atoms with E-state index in [1.54, 1.807) is 6.07 Å². The SMILES string of the molecule is CC(NC(C)C(C)C)c1cccc(C(F)(F)F)c1. The van der Waals surface area contributed by atoms with Gasteiger partial charge in [-0.3, -0.25) is 0 Å². The van der Waals surface area contributed by atoms with Crippen LogP contribution >= 0.6 is 0 Å². The highest BCUT2D eigenvalue weighted by molar-refractivity contribution is 5.27. The number of alkyl halides is 3. The lowest BCUT2D eigenvalue weighted by Gasteiger charge is -2.23. The molecule has 0 radical (unpaired) electrons. The molecular weight excluding hydrogens is 239 g/mol. The Labute approximate surface area is 106 Å². The van der Waals surface area contributed by atoms with Gasteiger partial charge in [-0.1, -0.05) is 26.0 Å². The second-order valence-electron chi connectivity index (χ2n) is 5.04. The van der Waals surface area contributed by atoms with Gasteiger partial charge in [0.05, 0.1) is 5.56 Å². The summed E-state index contributed by atoms with van der Waals surface area (Å²) in [5.74, 6) is 0.443. The largest absolute Gasteiger partial charge is 0.416 e. The molecule has 0 amide bonds. The first-order valence-corrected chi connectivity index (χ1v) is 6.15. The molecule has 4 heteroatoms. The van der Waals surface area contributed by atoms with Crippen LogP contribution in [0, 0.1) is 5.92 Å². The maximum absolute atomic E-state index is 12.6. The van der Waals surface area contributed by atoms with Gasteiger partial charge in [0.15, 0.2) is 0 Å². The minimum Gasteiger partial charge on any atom is -0.307 e. The first kappa shape index (κ1) is 15.0. The third-order valence-electron chi connectivity index (χ3n) is 3.23. The Morgan fingerprint density at radius 3 is 2.17 bits per heavy atom. The van der Waals surface area contributed by atoms with Crippen LogP contribution in [0.3, 0.4) is 0 Å². The Hall–Kier alpha value is -1.03. The van der Waals surface area contributed by atoms with E-state index in [2.05, 4.69) is 19.2 Å². The van der Waals surface area contributed by atoms with Crippen molar-refractivity contribution in [2.24, 2.45) is 5.92 Å². The number of hydrogen-bond acceptors (Lipinski definition) is 1. The first-order valence-electron chi connectivity index (χ1n) is 6.15. The fourth-order valence-corrected chi connectivity index (χ4v) is 1.67. The van der Waals surface area contributed by atoms with E-state index in [0.29, 0.717) is 11.5 Å². The van der Waals surface area contributed by atoms with Crippen molar-refractivity contribution in [1.82, 2.24) is 5.32 Å². The van der Waals surface area contributed by atoms with Gasteiger partial charge in [-0.25, -0.2) is 0 Å². The van der Waals surface area contributed by atoms with Crippen molar-refractivity contribution in [1.29, 1.82) is 0 Å². The van der Waals surface area contributed by atoms with Crippen LogP contribution in [-0.2, 0) is 6.18 Å². The summed E-state index contributed by atoms with van der Waals surface area (Å²) in [6, 6.07) is 5.66. The molecule has 1 nitrogen and oxygen atoms in total. The average molecular weight is 259 g/mol. The molecule has 1 N–H and O–H groups in total. The predicted molar refractivity (Wildman–Crippen MR) is 67.3 cm³/mol. The number of rotatable bonds is 4. The number of halogens is 3. The summed E-state index contributed by atoms with van der Waals surface area (Å²) >= 11 is 0. The summed E-state index contributed by atoms with van der Waals surface area (Å²) in [6.07, 6.45) is -4.28. The molecule has 0 fully saturated rings. The minimum atomic E-state index is -4.28. The monoisotopic (exact) mass is 259 g/mol. The Kier molecular flexibility index (Phi) is 4.79. The molecule has 2 unspecified atom stereocenters. The predicted octanol–water partition coefficient (Wildman–Crippen LogP) is 4.40. The number of benzene rings is 1. The lowest BCUT2D eigenvalue weighted by molar-refractivity contribution is -0.137. The Morgan fingerprint density at radius 2 is 1.67 bits per heavy atom. The van der Waals surface area contributed by atoms with Gasteiger partial charge in [0, 0.05) is 12.1 Å². The third-order valence-corrected chi connectivity index (χ3v) is 3.23. The van der Waals surface area contributed by atoms with Crippen molar-refractivity contribution in [3.05, 3.63) is 35.4 Å².